The van der Waals surface area contributed by atoms with Crippen molar-refractivity contribution in [3.63, 3.8) is 0 Å². The predicted octanol–water partition coefficient (Wildman–Crippen LogP) is 4.51. The Hall–Kier alpha value is -2.73. The zero-order chi connectivity index (χ0) is 19.3. The van der Waals surface area contributed by atoms with Crippen molar-refractivity contribution in [3.05, 3.63) is 65.5 Å². The van der Waals surface area contributed by atoms with Gasteiger partial charge in [0.25, 0.3) is 0 Å². The summed E-state index contributed by atoms with van der Waals surface area (Å²) in [6.45, 7) is 6.15. The molecule has 0 bridgehead atoms. The van der Waals surface area contributed by atoms with Gasteiger partial charge in [-0.1, -0.05) is 41.6 Å². The van der Waals surface area contributed by atoms with Crippen LogP contribution in [0.4, 0.5) is 10.4 Å². The maximum Gasteiger partial charge on any atom is 0.321 e. The van der Waals surface area contributed by atoms with Gasteiger partial charge in [-0.25, -0.2) is 4.39 Å². The van der Waals surface area contributed by atoms with Crippen LogP contribution in [0.1, 0.15) is 24.0 Å². The number of aryl methyl sites for hydroxylation is 1. The predicted molar refractivity (Wildman–Crippen MR) is 107 cm³/mol. The molecule has 5 nitrogen and oxygen atoms in total. The molecule has 28 heavy (non-hydrogen) atoms. The van der Waals surface area contributed by atoms with Crippen LogP contribution in [-0.2, 0) is 6.54 Å². The standard InChI is InChI=1S/C22H25FN4O/c1-16-6-2-3-7-18(16)15-27-12-10-17(11-13-27)14-24-22-25-21(26-28-22)19-8-4-5-9-20(19)23/h2-9,17H,10-15H2,1H3,(H,24,25,26). The minimum absolute atomic E-state index is 0.272. The number of aromatic nitrogens is 2. The van der Waals surface area contributed by atoms with E-state index in [1.54, 1.807) is 18.2 Å². The molecule has 0 atom stereocenters. The third kappa shape index (κ3) is 4.39. The molecule has 1 aliphatic rings. The lowest BCUT2D eigenvalue weighted by Gasteiger charge is -2.32. The van der Waals surface area contributed by atoms with E-state index < -0.39 is 0 Å². The van der Waals surface area contributed by atoms with Crippen molar-refractivity contribution >= 4 is 6.01 Å². The van der Waals surface area contributed by atoms with E-state index in [1.165, 1.54) is 17.2 Å². The summed E-state index contributed by atoms with van der Waals surface area (Å²) in [5.41, 5.74) is 3.11. The number of hydrogen-bond donors (Lipinski definition) is 1. The Morgan fingerprint density at radius 2 is 1.86 bits per heavy atom. The third-order valence-electron chi connectivity index (χ3n) is 5.45. The summed E-state index contributed by atoms with van der Waals surface area (Å²) in [5, 5.41) is 7.10. The van der Waals surface area contributed by atoms with Gasteiger partial charge < -0.3 is 9.84 Å². The fraction of sp³-hybridized carbons (Fsp3) is 0.364. The molecule has 4 rings (SSSR count). The average molecular weight is 380 g/mol. The maximum atomic E-state index is 13.8. The van der Waals surface area contributed by atoms with Gasteiger partial charge in [-0.05, 0) is 62.0 Å². The number of rotatable bonds is 6. The first-order chi connectivity index (χ1) is 13.7. The molecule has 0 unspecified atom stereocenters. The number of anilines is 1. The molecule has 1 saturated heterocycles. The van der Waals surface area contributed by atoms with Gasteiger partial charge in [-0.15, -0.1) is 0 Å². The van der Waals surface area contributed by atoms with Crippen LogP contribution in [-0.4, -0.2) is 34.7 Å². The summed E-state index contributed by atoms with van der Waals surface area (Å²) in [4.78, 5) is 6.78. The largest absolute Gasteiger partial charge is 0.337 e. The van der Waals surface area contributed by atoms with Gasteiger partial charge in [0.1, 0.15) is 5.82 Å². The Bertz CT molecular complexity index is 918. The highest BCUT2D eigenvalue weighted by molar-refractivity contribution is 5.56. The normalized spacial score (nSPS) is 15.6. The van der Waals surface area contributed by atoms with E-state index in [1.807, 2.05) is 0 Å². The summed E-state index contributed by atoms with van der Waals surface area (Å²) >= 11 is 0. The van der Waals surface area contributed by atoms with Gasteiger partial charge in [-0.2, -0.15) is 4.98 Å². The minimum Gasteiger partial charge on any atom is -0.337 e. The molecular weight excluding hydrogens is 355 g/mol. The Morgan fingerprint density at radius 1 is 1.11 bits per heavy atom. The summed E-state index contributed by atoms with van der Waals surface area (Å²) in [5.74, 6) is 0.487. The zero-order valence-corrected chi connectivity index (χ0v) is 16.1. The highest BCUT2D eigenvalue weighted by Gasteiger charge is 2.20. The van der Waals surface area contributed by atoms with Gasteiger partial charge in [0.2, 0.25) is 5.82 Å². The van der Waals surface area contributed by atoms with Gasteiger partial charge in [0.15, 0.2) is 0 Å². The first-order valence-electron chi connectivity index (χ1n) is 9.78. The molecule has 2 heterocycles. The van der Waals surface area contributed by atoms with Crippen molar-refractivity contribution in [2.45, 2.75) is 26.3 Å². The third-order valence-corrected chi connectivity index (χ3v) is 5.45. The van der Waals surface area contributed by atoms with Crippen LogP contribution in [0.3, 0.4) is 0 Å². The smallest absolute Gasteiger partial charge is 0.321 e. The SMILES string of the molecule is Cc1ccccc1CN1CCC(CNc2nc(-c3ccccc3F)no2)CC1. The van der Waals surface area contributed by atoms with Gasteiger partial charge in [0, 0.05) is 13.1 Å². The lowest BCUT2D eigenvalue weighted by Crippen LogP contribution is -2.35. The Kier molecular flexibility index (Phi) is 5.67. The quantitative estimate of drug-likeness (QED) is 0.682. The van der Waals surface area contributed by atoms with Crippen LogP contribution in [0.15, 0.2) is 53.1 Å². The topological polar surface area (TPSA) is 54.2 Å². The molecule has 0 saturated carbocycles. The van der Waals surface area contributed by atoms with Gasteiger partial charge in [0.05, 0.1) is 5.56 Å². The molecule has 3 aromatic rings. The molecule has 1 N–H and O–H groups in total. The fourth-order valence-electron chi connectivity index (χ4n) is 3.66. The molecule has 6 heteroatoms. The highest BCUT2D eigenvalue weighted by atomic mass is 19.1. The minimum atomic E-state index is -0.351. The molecule has 0 amide bonds. The number of nitrogens with one attached hydrogen (secondary N) is 1. The molecule has 0 spiro atoms. The molecule has 0 radical (unpaired) electrons. The molecule has 146 valence electrons. The van der Waals surface area contributed by atoms with Gasteiger partial charge >= 0.3 is 6.01 Å². The first-order valence-corrected chi connectivity index (χ1v) is 9.78. The number of halogens is 1. The molecule has 0 aliphatic carbocycles. The molecule has 1 aliphatic heterocycles. The van der Waals surface area contributed by atoms with Crippen LogP contribution < -0.4 is 5.32 Å². The summed E-state index contributed by atoms with van der Waals surface area (Å²) in [6, 6.07) is 15.4. The van der Waals surface area contributed by atoms with E-state index in [9.17, 15) is 4.39 Å². The highest BCUT2D eigenvalue weighted by Crippen LogP contribution is 2.23. The van der Waals surface area contributed by atoms with E-state index in [-0.39, 0.29) is 11.6 Å². The molecule has 1 aromatic heterocycles. The van der Waals surface area contributed by atoms with Crippen molar-refractivity contribution in [1.29, 1.82) is 0 Å². The van der Waals surface area contributed by atoms with Crippen LogP contribution in [0.25, 0.3) is 11.4 Å². The number of piperidine rings is 1. The summed E-state index contributed by atoms with van der Waals surface area (Å²) in [6.07, 6.45) is 2.26. The second kappa shape index (κ2) is 8.52. The molecular formula is C22H25FN4O. The molecule has 2 aromatic carbocycles. The number of nitrogens with zero attached hydrogens (tertiary/aromatic N) is 3. The number of hydrogen-bond acceptors (Lipinski definition) is 5. The number of benzene rings is 2. The van der Waals surface area contributed by atoms with E-state index in [0.29, 0.717) is 17.5 Å². The van der Waals surface area contributed by atoms with Crippen LogP contribution in [0.2, 0.25) is 0 Å². The molecule has 1 fully saturated rings. The fourth-order valence-corrected chi connectivity index (χ4v) is 3.66. The van der Waals surface area contributed by atoms with Crippen LogP contribution >= 0.6 is 0 Å². The Labute approximate surface area is 164 Å². The van der Waals surface area contributed by atoms with E-state index >= 15 is 0 Å². The lowest BCUT2D eigenvalue weighted by molar-refractivity contribution is 0.181. The Balaban J connectivity index is 1.26. The van der Waals surface area contributed by atoms with Crippen molar-refractivity contribution < 1.29 is 8.91 Å². The lowest BCUT2D eigenvalue weighted by atomic mass is 9.96. The van der Waals surface area contributed by atoms with E-state index in [2.05, 4.69) is 51.5 Å². The van der Waals surface area contributed by atoms with Crippen molar-refractivity contribution in [3.8, 4) is 11.4 Å². The van der Waals surface area contributed by atoms with Crippen LogP contribution in [0, 0.1) is 18.7 Å². The average Bonchev–Trinajstić information content (AvgIpc) is 3.18. The second-order valence-electron chi connectivity index (χ2n) is 7.43. The van der Waals surface area contributed by atoms with E-state index in [4.69, 9.17) is 4.52 Å². The maximum absolute atomic E-state index is 13.8. The monoisotopic (exact) mass is 380 g/mol. The van der Waals surface area contributed by atoms with Crippen molar-refractivity contribution in [1.82, 2.24) is 15.0 Å². The van der Waals surface area contributed by atoms with Gasteiger partial charge in [-0.3, -0.25) is 4.90 Å². The van der Waals surface area contributed by atoms with Crippen molar-refractivity contribution in [2.75, 3.05) is 25.0 Å². The Morgan fingerprint density at radius 3 is 2.64 bits per heavy atom. The van der Waals surface area contributed by atoms with Crippen LogP contribution in [0.5, 0.6) is 0 Å². The second-order valence-corrected chi connectivity index (χ2v) is 7.43. The first kappa shape index (κ1) is 18.6. The van der Waals surface area contributed by atoms with E-state index in [0.717, 1.165) is 39.0 Å². The summed E-state index contributed by atoms with van der Waals surface area (Å²) in [7, 11) is 0. The van der Waals surface area contributed by atoms with Crippen molar-refractivity contribution in [2.24, 2.45) is 5.92 Å². The number of likely N-dealkylation sites (tertiary alicyclic amines) is 1. The summed E-state index contributed by atoms with van der Waals surface area (Å²) < 4.78 is 19.1. The zero-order valence-electron chi connectivity index (χ0n) is 16.1.